The van der Waals surface area contributed by atoms with E-state index < -0.39 is 0 Å². The summed E-state index contributed by atoms with van der Waals surface area (Å²) in [6, 6.07) is 36.6. The van der Waals surface area contributed by atoms with E-state index in [1.165, 1.54) is 4.57 Å². The molecule has 0 amide bonds. The number of hydrogen-bond donors (Lipinski definition) is 1. The molecule has 2 heterocycles. The molecule has 0 unspecified atom stereocenters. The molecule has 5 aromatic rings. The fourth-order valence-corrected chi connectivity index (χ4v) is 6.07. The predicted molar refractivity (Wildman–Crippen MR) is 191 cm³/mol. The van der Waals surface area contributed by atoms with Gasteiger partial charge in [0.25, 0.3) is 5.56 Å². The third-order valence-electron chi connectivity index (χ3n) is 8.64. The Labute approximate surface area is 281 Å². The van der Waals surface area contributed by atoms with Crippen molar-refractivity contribution in [2.75, 3.05) is 36.1 Å². The first-order valence-corrected chi connectivity index (χ1v) is 16.5. The summed E-state index contributed by atoms with van der Waals surface area (Å²) in [7, 11) is 3.29. The summed E-state index contributed by atoms with van der Waals surface area (Å²) in [6.07, 6.45) is 1.68. The highest BCUT2D eigenvalue weighted by molar-refractivity contribution is 5.72. The van der Waals surface area contributed by atoms with E-state index in [0.29, 0.717) is 44.5 Å². The van der Waals surface area contributed by atoms with E-state index in [9.17, 15) is 9.59 Å². The van der Waals surface area contributed by atoms with Crippen molar-refractivity contribution in [3.05, 3.63) is 152 Å². The van der Waals surface area contributed by atoms with Gasteiger partial charge in [0.2, 0.25) is 0 Å². The van der Waals surface area contributed by atoms with Crippen LogP contribution in [0.5, 0.6) is 11.5 Å². The lowest BCUT2D eigenvalue weighted by Gasteiger charge is -2.22. The van der Waals surface area contributed by atoms with E-state index >= 15 is 0 Å². The molecular formula is C39H43N5O4. The third-order valence-corrected chi connectivity index (χ3v) is 8.64. The minimum absolute atomic E-state index is 0.252. The van der Waals surface area contributed by atoms with E-state index in [1.54, 1.807) is 18.7 Å². The lowest BCUT2D eigenvalue weighted by molar-refractivity contribution is 0.255. The van der Waals surface area contributed by atoms with Crippen molar-refractivity contribution in [1.82, 2.24) is 14.5 Å². The molecule has 1 aliphatic heterocycles. The fourth-order valence-electron chi connectivity index (χ4n) is 6.07. The molecule has 0 saturated heterocycles. The summed E-state index contributed by atoms with van der Waals surface area (Å²) in [5, 5.41) is 3.57. The highest BCUT2D eigenvalue weighted by atomic mass is 16.5. The first-order chi connectivity index (χ1) is 23.5. The van der Waals surface area contributed by atoms with Crippen LogP contribution in [0.1, 0.15) is 28.7 Å². The Morgan fingerprint density at radius 2 is 1.25 bits per heavy atom. The minimum Gasteiger partial charge on any atom is -0.485 e. The average molecular weight is 646 g/mol. The van der Waals surface area contributed by atoms with Crippen molar-refractivity contribution < 1.29 is 9.47 Å². The van der Waals surface area contributed by atoms with Crippen molar-refractivity contribution in [2.45, 2.75) is 32.6 Å². The minimum atomic E-state index is -0.315. The maximum atomic E-state index is 13.3. The van der Waals surface area contributed by atoms with Gasteiger partial charge in [-0.25, -0.2) is 4.79 Å². The van der Waals surface area contributed by atoms with Crippen LogP contribution in [0.15, 0.2) is 119 Å². The molecule has 9 heteroatoms. The Bertz CT molecular complexity index is 1910. The third kappa shape index (κ3) is 7.81. The molecule has 0 fully saturated rings. The van der Waals surface area contributed by atoms with Crippen LogP contribution < -0.4 is 35.8 Å². The summed E-state index contributed by atoms with van der Waals surface area (Å²) >= 11 is 0. The number of nitrogens with zero attached hydrogens (tertiary/aromatic N) is 4. The van der Waals surface area contributed by atoms with Gasteiger partial charge in [0.05, 0.1) is 6.67 Å². The van der Waals surface area contributed by atoms with Crippen molar-refractivity contribution >= 4 is 11.5 Å². The predicted octanol–water partition coefficient (Wildman–Crippen LogP) is 5.25. The second kappa shape index (κ2) is 15.5. The molecule has 1 N–H and O–H groups in total. The first kappa shape index (κ1) is 32.7. The van der Waals surface area contributed by atoms with Gasteiger partial charge in [0.15, 0.2) is 11.5 Å². The van der Waals surface area contributed by atoms with Crippen LogP contribution in [-0.4, -0.2) is 35.4 Å². The number of rotatable bonds is 15. The zero-order chi connectivity index (χ0) is 33.3. The second-order valence-electron chi connectivity index (χ2n) is 12.1. The Balaban J connectivity index is 1.05. The molecule has 0 saturated carbocycles. The fraction of sp³-hybridized carbons (Fsp3) is 0.282. The van der Waals surface area contributed by atoms with Gasteiger partial charge in [0, 0.05) is 27.2 Å². The number of anilines is 2. The molecular weight excluding hydrogens is 602 g/mol. The zero-order valence-corrected chi connectivity index (χ0v) is 27.7. The standard InChI is InChI=1S/C39H43N5O4/c1-41-37-36(38(45)42(2)39(41)46)43(29-44(37)26-31-13-6-3-7-14-31)24-12-22-40-23-21-30-19-20-34(47-27-32-15-8-4-9-16-32)35(25-30)48-28-33-17-10-5-11-18-33/h3-11,13-20,25,40H,12,21-24,26-29H2,1-2H3. The second-order valence-corrected chi connectivity index (χ2v) is 12.1. The molecule has 1 aromatic heterocycles. The number of aromatic nitrogens is 2. The van der Waals surface area contributed by atoms with Crippen LogP contribution in [0.3, 0.4) is 0 Å². The van der Waals surface area contributed by atoms with Crippen molar-refractivity contribution in [3.8, 4) is 11.5 Å². The summed E-state index contributed by atoms with van der Waals surface area (Å²) in [6.45, 7) is 4.41. The zero-order valence-electron chi connectivity index (χ0n) is 27.7. The maximum absolute atomic E-state index is 13.3. The van der Waals surface area contributed by atoms with Gasteiger partial charge in [0.1, 0.15) is 24.7 Å². The average Bonchev–Trinajstić information content (AvgIpc) is 3.48. The van der Waals surface area contributed by atoms with Crippen molar-refractivity contribution in [2.24, 2.45) is 14.1 Å². The maximum Gasteiger partial charge on any atom is 0.332 e. The highest BCUT2D eigenvalue weighted by Gasteiger charge is 2.32. The summed E-state index contributed by atoms with van der Waals surface area (Å²) < 4.78 is 15.2. The topological polar surface area (TPSA) is 81.0 Å². The molecule has 9 nitrogen and oxygen atoms in total. The summed E-state index contributed by atoms with van der Waals surface area (Å²) in [5.74, 6) is 2.14. The first-order valence-electron chi connectivity index (χ1n) is 16.5. The molecule has 0 aliphatic carbocycles. The lowest BCUT2D eigenvalue weighted by atomic mass is 10.1. The Kier molecular flexibility index (Phi) is 10.6. The molecule has 0 spiro atoms. The number of benzene rings is 4. The van der Waals surface area contributed by atoms with Crippen LogP contribution in [0.4, 0.5) is 11.5 Å². The van der Waals surface area contributed by atoms with E-state index in [2.05, 4.69) is 63.6 Å². The molecule has 0 atom stereocenters. The van der Waals surface area contributed by atoms with Gasteiger partial charge in [-0.05, 0) is 60.3 Å². The van der Waals surface area contributed by atoms with Crippen LogP contribution in [-0.2, 0) is 40.3 Å². The van der Waals surface area contributed by atoms with Gasteiger partial charge in [-0.3, -0.25) is 13.9 Å². The number of nitrogens with one attached hydrogen (secondary N) is 1. The summed E-state index contributed by atoms with van der Waals surface area (Å²) in [5.41, 5.74) is 4.51. The normalized spacial score (nSPS) is 12.3. The molecule has 4 aromatic carbocycles. The van der Waals surface area contributed by atoms with E-state index in [-0.39, 0.29) is 11.2 Å². The molecule has 0 bridgehead atoms. The highest BCUT2D eigenvalue weighted by Crippen LogP contribution is 2.33. The van der Waals surface area contributed by atoms with E-state index in [0.717, 1.165) is 59.7 Å². The van der Waals surface area contributed by atoms with Crippen molar-refractivity contribution in [1.29, 1.82) is 0 Å². The SMILES string of the molecule is Cn1c2c(c(=O)n(C)c1=O)N(CCCNCCc1ccc(OCc3ccccc3)c(OCc3ccccc3)c1)CN2Cc1ccccc1. The molecule has 1 aliphatic rings. The van der Waals surface area contributed by atoms with Gasteiger partial charge in [-0.15, -0.1) is 0 Å². The van der Waals surface area contributed by atoms with Crippen LogP contribution in [0, 0.1) is 0 Å². The van der Waals surface area contributed by atoms with Gasteiger partial charge < -0.3 is 24.6 Å². The van der Waals surface area contributed by atoms with Gasteiger partial charge >= 0.3 is 5.69 Å². The van der Waals surface area contributed by atoms with Crippen LogP contribution in [0.2, 0.25) is 0 Å². The Morgan fingerprint density at radius 3 is 1.90 bits per heavy atom. The number of hydrogen-bond acceptors (Lipinski definition) is 7. The Morgan fingerprint density at radius 1 is 0.646 bits per heavy atom. The number of ether oxygens (including phenoxy) is 2. The summed E-state index contributed by atoms with van der Waals surface area (Å²) in [4.78, 5) is 30.3. The Hall–Kier alpha value is -5.28. The van der Waals surface area contributed by atoms with Gasteiger partial charge in [-0.2, -0.15) is 0 Å². The van der Waals surface area contributed by atoms with Crippen LogP contribution >= 0.6 is 0 Å². The van der Waals surface area contributed by atoms with Crippen molar-refractivity contribution in [3.63, 3.8) is 0 Å². The molecule has 48 heavy (non-hydrogen) atoms. The molecule has 0 radical (unpaired) electrons. The molecule has 6 rings (SSSR count). The van der Waals surface area contributed by atoms with Gasteiger partial charge in [-0.1, -0.05) is 97.1 Å². The largest absolute Gasteiger partial charge is 0.485 e. The molecule has 248 valence electrons. The quantitative estimate of drug-likeness (QED) is 0.156. The number of fused-ring (bicyclic) bond motifs is 1. The lowest BCUT2D eigenvalue weighted by Crippen LogP contribution is -2.39. The van der Waals surface area contributed by atoms with E-state index in [4.69, 9.17) is 9.47 Å². The van der Waals surface area contributed by atoms with Crippen LogP contribution in [0.25, 0.3) is 0 Å². The smallest absolute Gasteiger partial charge is 0.332 e. The van der Waals surface area contributed by atoms with E-state index in [1.807, 2.05) is 60.7 Å². The monoisotopic (exact) mass is 645 g/mol.